The van der Waals surface area contributed by atoms with Gasteiger partial charge in [-0.1, -0.05) is 0 Å². The molecule has 0 N–H and O–H groups in total. The quantitative estimate of drug-likeness (QED) is 0.655. The van der Waals surface area contributed by atoms with Gasteiger partial charge in [-0.2, -0.15) is 5.10 Å². The summed E-state index contributed by atoms with van der Waals surface area (Å²) in [5.74, 6) is 1.66. The number of furan rings is 1. The summed E-state index contributed by atoms with van der Waals surface area (Å²) in [6.45, 7) is 2.04. The zero-order valence-corrected chi connectivity index (χ0v) is 8.92. The van der Waals surface area contributed by atoms with Crippen molar-refractivity contribution in [2.45, 2.75) is 13.3 Å². The SMILES string of the molecule is Cc1ccn2nc(Cc3ccco3)nc2c1. The molecule has 3 heterocycles. The number of pyridine rings is 1. The predicted molar refractivity (Wildman–Crippen MR) is 59.2 cm³/mol. The fourth-order valence-corrected chi connectivity index (χ4v) is 1.67. The average molecular weight is 213 g/mol. The lowest BCUT2D eigenvalue weighted by Crippen LogP contribution is -1.90. The number of nitrogens with zero attached hydrogens (tertiary/aromatic N) is 3. The molecule has 0 bridgehead atoms. The molecule has 0 amide bonds. The van der Waals surface area contributed by atoms with Crippen LogP contribution in [0.4, 0.5) is 0 Å². The Morgan fingerprint density at radius 2 is 2.31 bits per heavy atom. The lowest BCUT2D eigenvalue weighted by atomic mass is 10.3. The van der Waals surface area contributed by atoms with Gasteiger partial charge in [-0.25, -0.2) is 9.50 Å². The highest BCUT2D eigenvalue weighted by molar-refractivity contribution is 5.40. The number of aryl methyl sites for hydroxylation is 1. The molecule has 0 unspecified atom stereocenters. The van der Waals surface area contributed by atoms with E-state index in [9.17, 15) is 0 Å². The molecule has 0 aliphatic heterocycles. The molecule has 16 heavy (non-hydrogen) atoms. The smallest absolute Gasteiger partial charge is 0.159 e. The third kappa shape index (κ3) is 1.58. The summed E-state index contributed by atoms with van der Waals surface area (Å²) in [7, 11) is 0. The molecule has 0 aliphatic rings. The van der Waals surface area contributed by atoms with Crippen LogP contribution in [0.15, 0.2) is 41.1 Å². The molecule has 3 rings (SSSR count). The summed E-state index contributed by atoms with van der Waals surface area (Å²) in [6.07, 6.45) is 4.21. The Morgan fingerprint density at radius 1 is 1.38 bits per heavy atom. The number of hydrogen-bond donors (Lipinski definition) is 0. The topological polar surface area (TPSA) is 43.3 Å². The molecule has 0 fully saturated rings. The van der Waals surface area contributed by atoms with E-state index in [0.29, 0.717) is 6.42 Å². The highest BCUT2D eigenvalue weighted by Gasteiger charge is 2.06. The van der Waals surface area contributed by atoms with Gasteiger partial charge < -0.3 is 4.42 Å². The van der Waals surface area contributed by atoms with Crippen LogP contribution >= 0.6 is 0 Å². The van der Waals surface area contributed by atoms with E-state index in [0.717, 1.165) is 17.2 Å². The first kappa shape index (κ1) is 9.15. The van der Waals surface area contributed by atoms with Crippen LogP contribution in [-0.4, -0.2) is 14.6 Å². The third-order valence-electron chi connectivity index (χ3n) is 2.45. The van der Waals surface area contributed by atoms with Gasteiger partial charge in [0.1, 0.15) is 5.76 Å². The van der Waals surface area contributed by atoms with Crippen LogP contribution in [0.5, 0.6) is 0 Å². The summed E-state index contributed by atoms with van der Waals surface area (Å²) >= 11 is 0. The first-order valence-electron chi connectivity index (χ1n) is 5.15. The van der Waals surface area contributed by atoms with Crippen molar-refractivity contribution >= 4 is 5.65 Å². The minimum Gasteiger partial charge on any atom is -0.469 e. The molecule has 0 radical (unpaired) electrons. The zero-order chi connectivity index (χ0) is 11.0. The van der Waals surface area contributed by atoms with Crippen molar-refractivity contribution in [3.8, 4) is 0 Å². The summed E-state index contributed by atoms with van der Waals surface area (Å²) in [5.41, 5.74) is 2.06. The Morgan fingerprint density at radius 3 is 3.12 bits per heavy atom. The minimum atomic E-state index is 0.633. The highest BCUT2D eigenvalue weighted by atomic mass is 16.3. The van der Waals surface area contributed by atoms with Crippen LogP contribution in [0.2, 0.25) is 0 Å². The van der Waals surface area contributed by atoms with Crippen LogP contribution in [0, 0.1) is 6.92 Å². The van der Waals surface area contributed by atoms with Crippen molar-refractivity contribution in [2.75, 3.05) is 0 Å². The first-order valence-corrected chi connectivity index (χ1v) is 5.15. The average Bonchev–Trinajstić information content (AvgIpc) is 2.86. The van der Waals surface area contributed by atoms with E-state index < -0.39 is 0 Å². The molecule has 3 aromatic rings. The number of aromatic nitrogens is 3. The van der Waals surface area contributed by atoms with E-state index in [4.69, 9.17) is 4.42 Å². The summed E-state index contributed by atoms with van der Waals surface area (Å²) in [5, 5.41) is 4.37. The summed E-state index contributed by atoms with van der Waals surface area (Å²) in [6, 6.07) is 7.82. The Balaban J connectivity index is 1.99. The molecule has 0 aromatic carbocycles. The Kier molecular flexibility index (Phi) is 1.99. The molecule has 4 heteroatoms. The second-order valence-electron chi connectivity index (χ2n) is 3.79. The number of rotatable bonds is 2. The maximum absolute atomic E-state index is 5.27. The fraction of sp³-hybridized carbons (Fsp3) is 0.167. The van der Waals surface area contributed by atoms with E-state index in [1.807, 2.05) is 37.4 Å². The van der Waals surface area contributed by atoms with Crippen molar-refractivity contribution in [1.29, 1.82) is 0 Å². The van der Waals surface area contributed by atoms with Gasteiger partial charge in [-0.15, -0.1) is 0 Å². The van der Waals surface area contributed by atoms with Gasteiger partial charge in [-0.05, 0) is 36.8 Å². The molecular formula is C12H11N3O. The molecule has 0 saturated carbocycles. The Bertz CT molecular complexity index is 610. The molecule has 4 nitrogen and oxygen atoms in total. The first-order chi connectivity index (χ1) is 7.81. The number of hydrogen-bond acceptors (Lipinski definition) is 3. The van der Waals surface area contributed by atoms with Gasteiger partial charge in [0, 0.05) is 6.20 Å². The molecular weight excluding hydrogens is 202 g/mol. The van der Waals surface area contributed by atoms with Gasteiger partial charge in [0.25, 0.3) is 0 Å². The minimum absolute atomic E-state index is 0.633. The molecule has 0 aliphatic carbocycles. The zero-order valence-electron chi connectivity index (χ0n) is 8.92. The van der Waals surface area contributed by atoms with E-state index in [1.165, 1.54) is 5.56 Å². The lowest BCUT2D eigenvalue weighted by Gasteiger charge is -1.91. The van der Waals surface area contributed by atoms with Crippen molar-refractivity contribution in [1.82, 2.24) is 14.6 Å². The fourth-order valence-electron chi connectivity index (χ4n) is 1.67. The van der Waals surface area contributed by atoms with Gasteiger partial charge >= 0.3 is 0 Å². The molecule has 3 aromatic heterocycles. The maximum Gasteiger partial charge on any atom is 0.159 e. The molecule has 0 spiro atoms. The van der Waals surface area contributed by atoms with Gasteiger partial charge in [0.15, 0.2) is 11.5 Å². The van der Waals surface area contributed by atoms with Crippen molar-refractivity contribution < 1.29 is 4.42 Å². The van der Waals surface area contributed by atoms with Crippen molar-refractivity contribution in [3.63, 3.8) is 0 Å². The second kappa shape index (κ2) is 3.48. The van der Waals surface area contributed by atoms with Crippen LogP contribution in [-0.2, 0) is 6.42 Å². The van der Waals surface area contributed by atoms with E-state index in [1.54, 1.807) is 10.8 Å². The monoisotopic (exact) mass is 213 g/mol. The Hall–Kier alpha value is -2.10. The molecule has 80 valence electrons. The van der Waals surface area contributed by atoms with Crippen LogP contribution < -0.4 is 0 Å². The third-order valence-corrected chi connectivity index (χ3v) is 2.45. The van der Waals surface area contributed by atoms with Crippen LogP contribution in [0.1, 0.15) is 17.1 Å². The largest absolute Gasteiger partial charge is 0.469 e. The van der Waals surface area contributed by atoms with Crippen molar-refractivity contribution in [3.05, 3.63) is 53.9 Å². The van der Waals surface area contributed by atoms with Gasteiger partial charge in [0.2, 0.25) is 0 Å². The van der Waals surface area contributed by atoms with Crippen LogP contribution in [0.3, 0.4) is 0 Å². The normalized spacial score (nSPS) is 11.1. The predicted octanol–water partition coefficient (Wildman–Crippen LogP) is 2.22. The van der Waals surface area contributed by atoms with Crippen molar-refractivity contribution in [2.24, 2.45) is 0 Å². The molecule has 0 saturated heterocycles. The summed E-state index contributed by atoms with van der Waals surface area (Å²) < 4.78 is 7.05. The number of fused-ring (bicyclic) bond motifs is 1. The van der Waals surface area contributed by atoms with Gasteiger partial charge in [0.05, 0.1) is 12.7 Å². The Labute approximate surface area is 92.5 Å². The summed E-state index contributed by atoms with van der Waals surface area (Å²) in [4.78, 5) is 4.44. The lowest BCUT2D eigenvalue weighted by molar-refractivity contribution is 0.517. The van der Waals surface area contributed by atoms with Gasteiger partial charge in [-0.3, -0.25) is 0 Å². The highest BCUT2D eigenvalue weighted by Crippen LogP contribution is 2.09. The van der Waals surface area contributed by atoms with Crippen LogP contribution in [0.25, 0.3) is 5.65 Å². The molecule has 0 atom stereocenters. The maximum atomic E-state index is 5.27. The van der Waals surface area contributed by atoms with E-state index in [-0.39, 0.29) is 0 Å². The second-order valence-corrected chi connectivity index (χ2v) is 3.79. The van der Waals surface area contributed by atoms with E-state index >= 15 is 0 Å². The standard InChI is InChI=1S/C12H11N3O/c1-9-4-5-15-12(7-9)13-11(14-15)8-10-3-2-6-16-10/h2-7H,8H2,1H3. The van der Waals surface area contributed by atoms with E-state index in [2.05, 4.69) is 10.1 Å².